The van der Waals surface area contributed by atoms with Crippen LogP contribution in [0.15, 0.2) is 30.3 Å². The Morgan fingerprint density at radius 3 is 2.66 bits per heavy atom. The monoisotopic (exact) mass is 394 g/mol. The Morgan fingerprint density at radius 1 is 1.03 bits per heavy atom. The molecule has 148 valence electrons. The molecule has 0 amide bonds. The minimum atomic E-state index is -1.88. The molecule has 0 aromatic heterocycles. The second-order valence-corrected chi connectivity index (χ2v) is 8.11. The van der Waals surface area contributed by atoms with Crippen LogP contribution in [-0.2, 0) is 5.60 Å². The molecule has 2 aromatic carbocycles. The third-order valence-electron chi connectivity index (χ3n) is 5.77. The number of carbonyl (C=O) groups is 1. The van der Waals surface area contributed by atoms with Gasteiger partial charge in [0, 0.05) is 11.6 Å². The van der Waals surface area contributed by atoms with Crippen molar-refractivity contribution in [3.05, 3.63) is 47.0 Å². The highest BCUT2D eigenvalue weighted by molar-refractivity contribution is 6.08. The van der Waals surface area contributed by atoms with Crippen molar-refractivity contribution in [1.82, 2.24) is 0 Å². The maximum Gasteiger partial charge on any atom is 0.231 e. The Bertz CT molecular complexity index is 1120. The summed E-state index contributed by atoms with van der Waals surface area (Å²) in [4.78, 5) is 13.5. The second-order valence-electron chi connectivity index (χ2n) is 8.11. The lowest BCUT2D eigenvalue weighted by molar-refractivity contribution is -0.0801. The smallest absolute Gasteiger partial charge is 0.231 e. The first-order chi connectivity index (χ1) is 13.9. The van der Waals surface area contributed by atoms with Crippen LogP contribution in [-0.4, -0.2) is 36.0 Å². The van der Waals surface area contributed by atoms with Crippen molar-refractivity contribution in [2.75, 3.05) is 13.4 Å². The quantitative estimate of drug-likeness (QED) is 0.736. The molecule has 0 saturated heterocycles. The van der Waals surface area contributed by atoms with E-state index in [1.54, 1.807) is 24.3 Å². The van der Waals surface area contributed by atoms with Gasteiger partial charge in [0.25, 0.3) is 0 Å². The Kier molecular flexibility index (Phi) is 3.02. The Labute approximate surface area is 166 Å². The molecule has 7 heteroatoms. The molecule has 0 radical (unpaired) electrons. The Balaban J connectivity index is 1.51. The van der Waals surface area contributed by atoms with Crippen LogP contribution in [0.5, 0.6) is 28.7 Å². The van der Waals surface area contributed by atoms with E-state index in [-0.39, 0.29) is 13.4 Å². The number of hydrogen-bond donors (Lipinski definition) is 1. The summed E-state index contributed by atoms with van der Waals surface area (Å²) in [6.07, 6.45) is 2.91. The maximum absolute atomic E-state index is 13.5. The van der Waals surface area contributed by atoms with Crippen LogP contribution < -0.4 is 23.7 Å². The van der Waals surface area contributed by atoms with Gasteiger partial charge in [-0.2, -0.15) is 0 Å². The SMILES string of the molecule is CC1(C)C=Cc2c(ccc3c2O[C@@H]2COc4cc5c(cc4[C@]2(O)C3=O)OCO5)O1. The molecule has 2 aromatic rings. The van der Waals surface area contributed by atoms with Gasteiger partial charge < -0.3 is 28.8 Å². The largest absolute Gasteiger partial charge is 0.489 e. The number of rotatable bonds is 0. The summed E-state index contributed by atoms with van der Waals surface area (Å²) >= 11 is 0. The summed E-state index contributed by atoms with van der Waals surface area (Å²) < 4.78 is 28.7. The zero-order chi connectivity index (χ0) is 20.0. The number of fused-ring (bicyclic) bond motifs is 7. The van der Waals surface area contributed by atoms with E-state index in [0.29, 0.717) is 45.4 Å². The first-order valence-corrected chi connectivity index (χ1v) is 9.43. The van der Waals surface area contributed by atoms with Crippen molar-refractivity contribution >= 4 is 11.9 Å². The van der Waals surface area contributed by atoms with Crippen molar-refractivity contribution in [2.45, 2.75) is 31.2 Å². The van der Waals surface area contributed by atoms with E-state index in [4.69, 9.17) is 23.7 Å². The molecule has 0 bridgehead atoms. The lowest BCUT2D eigenvalue weighted by Crippen LogP contribution is -2.57. The van der Waals surface area contributed by atoms with Gasteiger partial charge in [0.15, 0.2) is 23.2 Å². The van der Waals surface area contributed by atoms with E-state index in [2.05, 4.69) is 0 Å². The van der Waals surface area contributed by atoms with Crippen LogP contribution in [0.2, 0.25) is 0 Å². The van der Waals surface area contributed by atoms with Crippen molar-refractivity contribution in [2.24, 2.45) is 0 Å². The fourth-order valence-corrected chi connectivity index (χ4v) is 4.27. The predicted octanol–water partition coefficient (Wildman–Crippen LogP) is 2.82. The number of hydrogen-bond acceptors (Lipinski definition) is 7. The van der Waals surface area contributed by atoms with Crippen LogP contribution in [0.4, 0.5) is 0 Å². The molecule has 4 heterocycles. The van der Waals surface area contributed by atoms with E-state index < -0.39 is 23.1 Å². The van der Waals surface area contributed by atoms with Gasteiger partial charge in [0.05, 0.1) is 11.1 Å². The molecule has 0 fully saturated rings. The van der Waals surface area contributed by atoms with Gasteiger partial charge in [-0.25, -0.2) is 0 Å². The highest BCUT2D eigenvalue weighted by Crippen LogP contribution is 2.51. The minimum absolute atomic E-state index is 0.0219. The third kappa shape index (κ3) is 2.13. The Hall–Kier alpha value is -3.19. The highest BCUT2D eigenvalue weighted by atomic mass is 16.7. The minimum Gasteiger partial charge on any atom is -0.489 e. The molecule has 4 aliphatic rings. The lowest BCUT2D eigenvalue weighted by atomic mass is 9.77. The fourth-order valence-electron chi connectivity index (χ4n) is 4.27. The number of ether oxygens (including phenoxy) is 5. The highest BCUT2D eigenvalue weighted by Gasteiger charge is 2.56. The average Bonchev–Trinajstić information content (AvgIpc) is 3.14. The number of ketones is 1. The van der Waals surface area contributed by atoms with E-state index >= 15 is 0 Å². The second kappa shape index (κ2) is 5.24. The van der Waals surface area contributed by atoms with Crippen LogP contribution >= 0.6 is 0 Å². The van der Waals surface area contributed by atoms with E-state index in [9.17, 15) is 9.90 Å². The zero-order valence-corrected chi connectivity index (χ0v) is 15.9. The van der Waals surface area contributed by atoms with Crippen molar-refractivity contribution < 1.29 is 33.6 Å². The molecule has 29 heavy (non-hydrogen) atoms. The predicted molar refractivity (Wildman–Crippen MR) is 101 cm³/mol. The van der Waals surface area contributed by atoms with Gasteiger partial charge >= 0.3 is 0 Å². The molecule has 0 aliphatic carbocycles. The molecule has 1 N–H and O–H groups in total. The maximum atomic E-state index is 13.5. The molecular weight excluding hydrogens is 376 g/mol. The first kappa shape index (κ1) is 16.7. The van der Waals surface area contributed by atoms with Gasteiger partial charge in [-0.3, -0.25) is 4.79 Å². The topological polar surface area (TPSA) is 83.5 Å². The number of benzene rings is 2. The van der Waals surface area contributed by atoms with Gasteiger partial charge in [0.1, 0.15) is 29.5 Å². The standard InChI is InChI=1S/C22H18O7/c1-21(2)6-5-11-14(29-21)4-3-12-19(11)28-18-9-25-15-8-17-16(26-10-27-17)7-13(15)22(18,24)20(12)23/h3-8,18,24H,9-10H2,1-2H3/t18-,22-/m1/s1. The molecule has 2 atom stereocenters. The normalized spacial score (nSPS) is 26.9. The Morgan fingerprint density at radius 2 is 1.83 bits per heavy atom. The van der Waals surface area contributed by atoms with Crippen LogP contribution in [0.1, 0.15) is 35.3 Å². The summed E-state index contributed by atoms with van der Waals surface area (Å²) in [6.45, 7) is 4.01. The lowest BCUT2D eigenvalue weighted by Gasteiger charge is -2.43. The summed E-state index contributed by atoms with van der Waals surface area (Å²) in [5.41, 5.74) is -1.02. The summed E-state index contributed by atoms with van der Waals surface area (Å²) in [5, 5.41) is 11.6. The molecule has 6 rings (SSSR count). The number of carbonyl (C=O) groups excluding carboxylic acids is 1. The molecule has 7 nitrogen and oxygen atoms in total. The van der Waals surface area contributed by atoms with Crippen LogP contribution in [0, 0.1) is 0 Å². The zero-order valence-electron chi connectivity index (χ0n) is 15.9. The van der Waals surface area contributed by atoms with Crippen molar-refractivity contribution in [1.29, 1.82) is 0 Å². The average molecular weight is 394 g/mol. The van der Waals surface area contributed by atoms with Gasteiger partial charge in [0.2, 0.25) is 12.6 Å². The van der Waals surface area contributed by atoms with Gasteiger partial charge in [-0.15, -0.1) is 0 Å². The summed E-state index contributed by atoms with van der Waals surface area (Å²) in [5.74, 6) is 1.97. The van der Waals surface area contributed by atoms with E-state index in [1.165, 1.54) is 0 Å². The van der Waals surface area contributed by atoms with Crippen LogP contribution in [0.25, 0.3) is 6.08 Å². The fraction of sp³-hybridized carbons (Fsp3) is 0.318. The molecule has 0 unspecified atom stereocenters. The van der Waals surface area contributed by atoms with Gasteiger partial charge in [-0.05, 0) is 44.2 Å². The van der Waals surface area contributed by atoms with Crippen LogP contribution in [0.3, 0.4) is 0 Å². The van der Waals surface area contributed by atoms with E-state index in [0.717, 1.165) is 0 Å². The number of aliphatic hydroxyl groups is 1. The first-order valence-electron chi connectivity index (χ1n) is 9.43. The van der Waals surface area contributed by atoms with E-state index in [1.807, 2.05) is 26.0 Å². The molecule has 0 saturated carbocycles. The van der Waals surface area contributed by atoms with Crippen molar-refractivity contribution in [3.63, 3.8) is 0 Å². The third-order valence-corrected chi connectivity index (χ3v) is 5.77. The summed E-state index contributed by atoms with van der Waals surface area (Å²) in [6, 6.07) is 6.62. The molecule has 4 aliphatic heterocycles. The molecule has 0 spiro atoms. The summed E-state index contributed by atoms with van der Waals surface area (Å²) in [7, 11) is 0. The van der Waals surface area contributed by atoms with Gasteiger partial charge in [-0.1, -0.05) is 0 Å². The van der Waals surface area contributed by atoms with Crippen molar-refractivity contribution in [3.8, 4) is 28.7 Å². The molecular formula is C22H18O7. The number of Topliss-reactive ketones (excluding diaryl/α,β-unsaturated/α-hetero) is 1.